The van der Waals surface area contributed by atoms with E-state index in [0.29, 0.717) is 24.0 Å². The second-order valence-electron chi connectivity index (χ2n) is 4.26. The molecule has 6 nitrogen and oxygen atoms in total. The number of nitrogens with one attached hydrogen (secondary N) is 1. The topological polar surface area (TPSA) is 80.5 Å². The lowest BCUT2D eigenvalue weighted by molar-refractivity contribution is 0.0629. The number of ether oxygens (including phenoxy) is 1. The number of hydrazine groups is 1. The number of halogens is 1. The first-order valence-electron chi connectivity index (χ1n) is 5.94. The average Bonchev–Trinajstić information content (AvgIpc) is 2.39. The third kappa shape index (κ3) is 4.05. The van der Waals surface area contributed by atoms with Gasteiger partial charge in [0.2, 0.25) is 0 Å². The van der Waals surface area contributed by atoms with Gasteiger partial charge in [0.05, 0.1) is 11.6 Å². The van der Waals surface area contributed by atoms with Crippen LogP contribution in [0.5, 0.6) is 0 Å². The highest BCUT2D eigenvalue weighted by molar-refractivity contribution is 6.33. The molecule has 1 heterocycles. The molecule has 0 aliphatic rings. The van der Waals surface area contributed by atoms with Gasteiger partial charge < -0.3 is 15.1 Å². The van der Waals surface area contributed by atoms with Crippen molar-refractivity contribution < 1.29 is 9.53 Å². The Hall–Kier alpha value is -1.37. The Bertz CT molecular complexity index is 440. The summed E-state index contributed by atoms with van der Waals surface area (Å²) in [6.07, 6.45) is 0. The maximum absolute atomic E-state index is 12.4. The molecule has 3 N–H and O–H groups in total. The van der Waals surface area contributed by atoms with Crippen molar-refractivity contribution in [2.45, 2.75) is 19.9 Å². The first-order valence-corrected chi connectivity index (χ1v) is 6.32. The van der Waals surface area contributed by atoms with Gasteiger partial charge in [-0.1, -0.05) is 11.6 Å². The van der Waals surface area contributed by atoms with Crippen LogP contribution in [0.4, 0.5) is 5.82 Å². The van der Waals surface area contributed by atoms with E-state index >= 15 is 0 Å². The lowest BCUT2D eigenvalue weighted by atomic mass is 10.2. The monoisotopic (exact) mass is 286 g/mol. The highest BCUT2D eigenvalue weighted by Gasteiger charge is 2.22. The van der Waals surface area contributed by atoms with Crippen LogP contribution >= 0.6 is 11.6 Å². The number of carbonyl (C=O) groups is 1. The molecule has 0 saturated carbocycles. The van der Waals surface area contributed by atoms with Gasteiger partial charge in [-0.05, 0) is 26.0 Å². The zero-order chi connectivity index (χ0) is 14.4. The smallest absolute Gasteiger partial charge is 0.274 e. The molecule has 0 spiro atoms. The van der Waals surface area contributed by atoms with Crippen molar-refractivity contribution in [2.24, 2.45) is 5.84 Å². The molecule has 0 atom stereocenters. The fraction of sp³-hybridized carbons (Fsp3) is 0.500. The summed E-state index contributed by atoms with van der Waals surface area (Å²) in [6.45, 7) is 4.78. The molecular formula is C12H19ClN4O2. The van der Waals surface area contributed by atoms with Crippen molar-refractivity contribution in [3.8, 4) is 0 Å². The summed E-state index contributed by atoms with van der Waals surface area (Å²) in [5, 5.41) is 0.298. The first kappa shape index (κ1) is 15.7. The summed E-state index contributed by atoms with van der Waals surface area (Å²) in [4.78, 5) is 18.2. The Morgan fingerprint density at radius 1 is 1.58 bits per heavy atom. The molecule has 0 bridgehead atoms. The van der Waals surface area contributed by atoms with Crippen LogP contribution in [0.2, 0.25) is 5.02 Å². The summed E-state index contributed by atoms with van der Waals surface area (Å²) >= 11 is 6.02. The van der Waals surface area contributed by atoms with Crippen molar-refractivity contribution >= 4 is 23.3 Å². The van der Waals surface area contributed by atoms with Crippen LogP contribution in [-0.4, -0.2) is 42.1 Å². The van der Waals surface area contributed by atoms with Crippen LogP contribution in [0, 0.1) is 0 Å². The van der Waals surface area contributed by atoms with E-state index in [1.54, 1.807) is 24.1 Å². The van der Waals surface area contributed by atoms with Crippen LogP contribution in [0.25, 0.3) is 0 Å². The molecule has 0 aliphatic heterocycles. The lowest BCUT2D eigenvalue weighted by Gasteiger charge is -2.26. The standard InChI is InChI=1S/C12H19ClN4O2/c1-8(2)17(6-7-19-3)12(18)11-9(13)4-5-10(15-11)16-14/h4-5,8H,6-7,14H2,1-3H3,(H,15,16). The van der Waals surface area contributed by atoms with Gasteiger partial charge in [0.15, 0.2) is 0 Å². The van der Waals surface area contributed by atoms with Crippen LogP contribution in [-0.2, 0) is 4.74 Å². The third-order valence-corrected chi connectivity index (χ3v) is 2.92. The molecule has 0 saturated heterocycles. The van der Waals surface area contributed by atoms with Crippen molar-refractivity contribution in [3.63, 3.8) is 0 Å². The lowest BCUT2D eigenvalue weighted by Crippen LogP contribution is -2.39. The molecule has 0 radical (unpaired) electrons. The maximum Gasteiger partial charge on any atom is 0.274 e. The van der Waals surface area contributed by atoms with Crippen LogP contribution in [0.3, 0.4) is 0 Å². The molecule has 0 aromatic carbocycles. The van der Waals surface area contributed by atoms with Gasteiger partial charge in [-0.3, -0.25) is 4.79 Å². The van der Waals surface area contributed by atoms with E-state index in [9.17, 15) is 4.79 Å². The predicted octanol–water partition coefficient (Wildman–Crippen LogP) is 1.52. The molecule has 1 aromatic heterocycles. The minimum atomic E-state index is -0.242. The van der Waals surface area contributed by atoms with E-state index in [2.05, 4.69) is 10.4 Å². The number of pyridine rings is 1. The van der Waals surface area contributed by atoms with Crippen molar-refractivity contribution in [1.29, 1.82) is 0 Å². The number of nitrogens with zero attached hydrogens (tertiary/aromatic N) is 2. The number of rotatable bonds is 6. The molecule has 1 rings (SSSR count). The van der Waals surface area contributed by atoms with Crippen LogP contribution in [0.15, 0.2) is 12.1 Å². The highest BCUT2D eigenvalue weighted by atomic mass is 35.5. The summed E-state index contributed by atoms with van der Waals surface area (Å²) < 4.78 is 5.00. The minimum Gasteiger partial charge on any atom is -0.383 e. The second-order valence-corrected chi connectivity index (χ2v) is 4.66. The van der Waals surface area contributed by atoms with Gasteiger partial charge in [0.25, 0.3) is 5.91 Å². The van der Waals surface area contributed by atoms with E-state index < -0.39 is 0 Å². The Balaban J connectivity index is 3.01. The molecule has 1 amide bonds. The van der Waals surface area contributed by atoms with Crippen molar-refractivity contribution in [1.82, 2.24) is 9.88 Å². The number of nitrogens with two attached hydrogens (primary N) is 1. The summed E-state index contributed by atoms with van der Waals surface area (Å²) in [6, 6.07) is 3.22. The van der Waals surface area contributed by atoms with Gasteiger partial charge in [0, 0.05) is 19.7 Å². The van der Waals surface area contributed by atoms with E-state index in [4.69, 9.17) is 22.2 Å². The van der Waals surface area contributed by atoms with E-state index in [1.807, 2.05) is 13.8 Å². The van der Waals surface area contributed by atoms with Gasteiger partial charge in [0.1, 0.15) is 11.5 Å². The SMILES string of the molecule is COCCN(C(=O)c1nc(NN)ccc1Cl)C(C)C. The number of hydrogen-bond acceptors (Lipinski definition) is 5. The van der Waals surface area contributed by atoms with E-state index in [1.165, 1.54) is 0 Å². The minimum absolute atomic E-state index is 0.0232. The average molecular weight is 287 g/mol. The predicted molar refractivity (Wildman–Crippen MR) is 75.1 cm³/mol. The van der Waals surface area contributed by atoms with E-state index in [0.717, 1.165) is 0 Å². The quantitative estimate of drug-likeness (QED) is 0.612. The number of hydrogen-bond donors (Lipinski definition) is 2. The molecule has 1 aromatic rings. The normalized spacial score (nSPS) is 10.6. The molecule has 106 valence electrons. The second kappa shape index (κ2) is 7.28. The highest BCUT2D eigenvalue weighted by Crippen LogP contribution is 2.19. The molecular weight excluding hydrogens is 268 g/mol. The summed E-state index contributed by atoms with van der Waals surface area (Å²) in [5.74, 6) is 5.43. The first-order chi connectivity index (χ1) is 9.01. The number of aromatic nitrogens is 1. The number of nitrogen functional groups attached to an aromatic ring is 1. The largest absolute Gasteiger partial charge is 0.383 e. The van der Waals surface area contributed by atoms with Crippen molar-refractivity contribution in [2.75, 3.05) is 25.7 Å². The maximum atomic E-state index is 12.4. The molecule has 0 unspecified atom stereocenters. The summed E-state index contributed by atoms with van der Waals surface area (Å²) in [5.41, 5.74) is 2.58. The fourth-order valence-electron chi connectivity index (χ4n) is 1.59. The van der Waals surface area contributed by atoms with Crippen LogP contribution < -0.4 is 11.3 Å². The number of amides is 1. The third-order valence-electron chi connectivity index (χ3n) is 2.62. The zero-order valence-corrected chi connectivity index (χ0v) is 12.1. The molecule has 0 fully saturated rings. The van der Waals surface area contributed by atoms with Gasteiger partial charge >= 0.3 is 0 Å². The molecule has 19 heavy (non-hydrogen) atoms. The fourth-order valence-corrected chi connectivity index (χ4v) is 1.78. The van der Waals surface area contributed by atoms with Gasteiger partial charge in [-0.25, -0.2) is 10.8 Å². The number of anilines is 1. The van der Waals surface area contributed by atoms with Crippen molar-refractivity contribution in [3.05, 3.63) is 22.8 Å². The molecule has 0 aliphatic carbocycles. The summed E-state index contributed by atoms with van der Waals surface area (Å²) in [7, 11) is 1.59. The van der Waals surface area contributed by atoms with Gasteiger partial charge in [-0.15, -0.1) is 0 Å². The van der Waals surface area contributed by atoms with E-state index in [-0.39, 0.29) is 17.6 Å². The van der Waals surface area contributed by atoms with Gasteiger partial charge in [-0.2, -0.15) is 0 Å². The Kier molecular flexibility index (Phi) is 6.01. The Morgan fingerprint density at radius 3 is 2.79 bits per heavy atom. The number of methoxy groups -OCH3 is 1. The zero-order valence-electron chi connectivity index (χ0n) is 11.3. The number of carbonyl (C=O) groups excluding carboxylic acids is 1. The van der Waals surface area contributed by atoms with Crippen LogP contribution in [0.1, 0.15) is 24.3 Å². The Morgan fingerprint density at radius 2 is 2.26 bits per heavy atom. The molecule has 7 heteroatoms. The Labute approximate surface area is 117 Å².